The lowest BCUT2D eigenvalue weighted by Crippen LogP contribution is -2.43. The van der Waals surface area contributed by atoms with Gasteiger partial charge < -0.3 is 20.7 Å². The third-order valence-electron chi connectivity index (χ3n) is 7.55. The van der Waals surface area contributed by atoms with Crippen LogP contribution >= 0.6 is 11.3 Å². The summed E-state index contributed by atoms with van der Waals surface area (Å²) in [5.74, 6) is -3.30. The van der Waals surface area contributed by atoms with E-state index in [4.69, 9.17) is 15.5 Å². The van der Waals surface area contributed by atoms with E-state index >= 15 is 4.39 Å². The van der Waals surface area contributed by atoms with E-state index in [9.17, 15) is 9.59 Å². The quantitative estimate of drug-likeness (QED) is 0.219. The van der Waals surface area contributed by atoms with E-state index in [1.807, 2.05) is 18.3 Å². The topological polar surface area (TPSA) is 114 Å². The van der Waals surface area contributed by atoms with Crippen molar-refractivity contribution >= 4 is 39.1 Å². The monoisotopic (exact) mass is 610 g/mol. The molecule has 0 aliphatic carbocycles. The number of thiophene rings is 1. The van der Waals surface area contributed by atoms with Gasteiger partial charge in [0.05, 0.1) is 20.8 Å². The number of likely N-dealkylation sites (N-methyl/N-ethyl adjacent to an activating group) is 1. The maximum absolute atomic E-state index is 15.3. The zero-order valence-electron chi connectivity index (χ0n) is 24.1. The van der Waals surface area contributed by atoms with Gasteiger partial charge in [0.2, 0.25) is 11.8 Å². The van der Waals surface area contributed by atoms with Crippen molar-refractivity contribution in [3.8, 4) is 22.1 Å². The van der Waals surface area contributed by atoms with E-state index in [2.05, 4.69) is 33.2 Å². The number of carbonyl (C=O) groups excluding carboxylic acids is 2. The largest absolute Gasteiger partial charge is 0.453 e. The first-order chi connectivity index (χ1) is 21.3. The van der Waals surface area contributed by atoms with Crippen LogP contribution < -0.4 is 15.8 Å². The molecule has 1 aliphatic heterocycles. The van der Waals surface area contributed by atoms with E-state index in [1.165, 1.54) is 23.5 Å². The van der Waals surface area contributed by atoms with Gasteiger partial charge in [0.25, 0.3) is 0 Å². The number of pyridine rings is 2. The van der Waals surface area contributed by atoms with Crippen LogP contribution in [-0.4, -0.2) is 64.8 Å². The summed E-state index contributed by atoms with van der Waals surface area (Å²) in [5.41, 5.74) is 8.84. The van der Waals surface area contributed by atoms with Crippen molar-refractivity contribution in [3.63, 3.8) is 0 Å². The number of benzene rings is 2. The third-order valence-corrected chi connectivity index (χ3v) is 8.71. The first-order valence-electron chi connectivity index (χ1n) is 14.2. The minimum atomic E-state index is -1.38. The van der Waals surface area contributed by atoms with Crippen LogP contribution in [0.25, 0.3) is 20.8 Å². The second-order valence-electron chi connectivity index (χ2n) is 10.7. The maximum atomic E-state index is 15.3. The number of ether oxygens (including phenoxy) is 1. The lowest BCUT2D eigenvalue weighted by Gasteiger charge is -2.32. The van der Waals surface area contributed by atoms with Gasteiger partial charge in [-0.25, -0.2) is 4.39 Å². The van der Waals surface area contributed by atoms with Crippen LogP contribution in [0, 0.1) is 5.82 Å². The average molecular weight is 611 g/mol. The highest BCUT2D eigenvalue weighted by Crippen LogP contribution is 2.39. The number of nitrogens with two attached hydrogens (primary N) is 1. The van der Waals surface area contributed by atoms with Gasteiger partial charge in [-0.2, -0.15) is 0 Å². The van der Waals surface area contributed by atoms with Gasteiger partial charge in [-0.3, -0.25) is 24.5 Å². The van der Waals surface area contributed by atoms with Crippen LogP contribution in [0.1, 0.15) is 17.0 Å². The summed E-state index contributed by atoms with van der Waals surface area (Å²) in [5, 5.41) is 2.65. The molecule has 1 unspecified atom stereocenters. The second-order valence-corrected chi connectivity index (χ2v) is 11.8. The third kappa shape index (κ3) is 6.60. The maximum Gasteiger partial charge on any atom is 0.241 e. The fourth-order valence-electron chi connectivity index (χ4n) is 5.13. The molecule has 0 saturated carbocycles. The summed E-state index contributed by atoms with van der Waals surface area (Å²) in [6, 6.07) is 20.3. The molecule has 1 saturated heterocycles. The van der Waals surface area contributed by atoms with Gasteiger partial charge in [-0.15, -0.1) is 11.3 Å². The second kappa shape index (κ2) is 12.9. The number of halogens is 1. The number of para-hydroxylation sites is 1. The van der Waals surface area contributed by atoms with Gasteiger partial charge in [0.15, 0.2) is 11.6 Å². The number of hydrogen-bond donors (Lipinski definition) is 2. The Morgan fingerprint density at radius 2 is 1.80 bits per heavy atom. The average Bonchev–Trinajstić information content (AvgIpc) is 3.46. The Morgan fingerprint density at radius 1 is 1.00 bits per heavy atom. The molecule has 3 aromatic heterocycles. The molecular weight excluding hydrogens is 579 g/mol. The lowest BCUT2D eigenvalue weighted by atomic mass is 9.97. The smallest absolute Gasteiger partial charge is 0.241 e. The molecule has 1 aliphatic rings. The molecule has 9 nitrogen and oxygen atoms in total. The van der Waals surface area contributed by atoms with Crippen molar-refractivity contribution in [1.29, 1.82) is 0 Å². The molecule has 0 bridgehead atoms. The van der Waals surface area contributed by atoms with Crippen LogP contribution in [0.5, 0.6) is 11.5 Å². The van der Waals surface area contributed by atoms with Crippen molar-refractivity contribution in [3.05, 3.63) is 102 Å². The number of primary amides is 1. The minimum absolute atomic E-state index is 0.0609. The Morgan fingerprint density at radius 3 is 2.50 bits per heavy atom. The van der Waals surface area contributed by atoms with Crippen molar-refractivity contribution in [2.75, 3.05) is 38.5 Å². The van der Waals surface area contributed by atoms with Crippen molar-refractivity contribution < 1.29 is 18.7 Å². The van der Waals surface area contributed by atoms with Crippen molar-refractivity contribution in [2.24, 2.45) is 5.73 Å². The summed E-state index contributed by atoms with van der Waals surface area (Å²) in [4.78, 5) is 39.9. The molecule has 1 atom stereocenters. The van der Waals surface area contributed by atoms with Gasteiger partial charge in [-0.1, -0.05) is 30.3 Å². The molecule has 3 N–H and O–H groups in total. The number of piperazine rings is 1. The molecule has 2 aromatic carbocycles. The van der Waals surface area contributed by atoms with E-state index < -0.39 is 23.5 Å². The zero-order valence-corrected chi connectivity index (χ0v) is 24.9. The summed E-state index contributed by atoms with van der Waals surface area (Å²) >= 11 is 1.46. The van der Waals surface area contributed by atoms with Crippen LogP contribution in [0.15, 0.2) is 85.2 Å². The van der Waals surface area contributed by atoms with Crippen molar-refractivity contribution in [2.45, 2.75) is 12.5 Å². The molecule has 4 heterocycles. The molecule has 11 heteroatoms. The summed E-state index contributed by atoms with van der Waals surface area (Å²) in [6.07, 6.45) is 3.52. The molecular formula is C33H31FN6O3S. The first-order valence-corrected chi connectivity index (χ1v) is 15.0. The Hall–Kier alpha value is -4.71. The highest BCUT2D eigenvalue weighted by molar-refractivity contribution is 7.22. The number of amides is 2. The molecule has 5 aromatic rings. The number of rotatable bonds is 9. The number of carbonyl (C=O) groups is 2. The number of nitrogens with one attached hydrogen (secondary N) is 1. The van der Waals surface area contributed by atoms with Gasteiger partial charge >= 0.3 is 0 Å². The number of hydrogen-bond acceptors (Lipinski definition) is 8. The fourth-order valence-corrected chi connectivity index (χ4v) is 6.17. The molecule has 6 rings (SSSR count). The predicted molar refractivity (Wildman–Crippen MR) is 169 cm³/mol. The van der Waals surface area contributed by atoms with Crippen LogP contribution in [0.4, 0.5) is 10.1 Å². The van der Waals surface area contributed by atoms with Crippen LogP contribution in [-0.2, 0) is 16.1 Å². The fraction of sp³-hybridized carbons (Fsp3) is 0.212. The Balaban J connectivity index is 1.18. The van der Waals surface area contributed by atoms with Crippen LogP contribution in [0.3, 0.4) is 0 Å². The molecule has 0 radical (unpaired) electrons. The SMILES string of the molecule is CN1CCN(Cc2ccc(-c3cc4nccc(Oc5ccc(C(C(N)=O)C(=O)Nc6ccccc6)cc5F)c4s3)nc2)CC1. The van der Waals surface area contributed by atoms with Crippen LogP contribution in [0.2, 0.25) is 0 Å². The Kier molecular flexibility index (Phi) is 8.60. The number of fused-ring (bicyclic) bond motifs is 1. The zero-order chi connectivity index (χ0) is 30.6. The van der Waals surface area contributed by atoms with E-state index in [1.54, 1.807) is 42.6 Å². The standard InChI is InChI=1S/C33H31FN6O3S/c1-39-13-15-40(16-14-39)20-21-7-9-25(37-19-21)29-18-26-31(44-29)28(11-12-36-26)43-27-10-8-22(17-24(27)34)30(32(35)41)33(42)38-23-5-3-2-4-6-23/h2-12,17-19,30H,13-16,20H2,1H3,(H2,35,41)(H,38,42). The summed E-state index contributed by atoms with van der Waals surface area (Å²) in [7, 11) is 2.15. The number of nitrogens with zero attached hydrogens (tertiary/aromatic N) is 4. The molecule has 1 fully saturated rings. The summed E-state index contributed by atoms with van der Waals surface area (Å²) < 4.78 is 22.0. The van der Waals surface area contributed by atoms with Gasteiger partial charge in [0, 0.05) is 56.9 Å². The highest BCUT2D eigenvalue weighted by Gasteiger charge is 2.28. The van der Waals surface area contributed by atoms with Gasteiger partial charge in [-0.05, 0) is 54.6 Å². The Bertz CT molecular complexity index is 1790. The summed E-state index contributed by atoms with van der Waals surface area (Å²) in [6.45, 7) is 5.09. The number of aromatic nitrogens is 2. The van der Waals surface area contributed by atoms with E-state index in [0.717, 1.165) is 59.6 Å². The number of anilines is 1. The van der Waals surface area contributed by atoms with Gasteiger partial charge in [0.1, 0.15) is 11.7 Å². The molecule has 0 spiro atoms. The van der Waals surface area contributed by atoms with E-state index in [-0.39, 0.29) is 11.3 Å². The highest BCUT2D eigenvalue weighted by atomic mass is 32.1. The first kappa shape index (κ1) is 29.4. The molecule has 2 amide bonds. The Labute approximate surface area is 258 Å². The molecule has 224 valence electrons. The normalized spacial score (nSPS) is 14.8. The molecule has 44 heavy (non-hydrogen) atoms. The lowest BCUT2D eigenvalue weighted by molar-refractivity contribution is -0.127. The minimum Gasteiger partial charge on any atom is -0.453 e. The predicted octanol–water partition coefficient (Wildman–Crippen LogP) is 5.24. The van der Waals surface area contributed by atoms with Crippen molar-refractivity contribution in [1.82, 2.24) is 19.8 Å². The van der Waals surface area contributed by atoms with E-state index in [0.29, 0.717) is 17.0 Å².